The highest BCUT2D eigenvalue weighted by Gasteiger charge is 2.51. The molecule has 1 aliphatic carbocycles. The highest BCUT2D eigenvalue weighted by Crippen LogP contribution is 2.46. The zero-order valence-electron chi connectivity index (χ0n) is 34.6. The highest BCUT2D eigenvalue weighted by atomic mass is 32.1. The molecule has 0 radical (unpaired) electrons. The van der Waals surface area contributed by atoms with Crippen LogP contribution in [0.15, 0.2) is 105 Å². The number of likely N-dealkylation sites (N-methyl/N-ethyl adjacent to an activating group) is 1. The van der Waals surface area contributed by atoms with Crippen molar-refractivity contribution in [1.82, 2.24) is 19.0 Å². The molecule has 4 heterocycles. The fraction of sp³-hybridized carbons (Fsp3) is 0.391. The molecule has 2 aliphatic rings. The van der Waals surface area contributed by atoms with E-state index in [9.17, 15) is 19.2 Å². The van der Waals surface area contributed by atoms with Crippen molar-refractivity contribution < 1.29 is 27.9 Å². The number of carbonyl (C=O) groups excluding carboxylic acids is 1. The number of halogens is 1. The smallest absolute Gasteiger partial charge is 0.332 e. The van der Waals surface area contributed by atoms with Crippen molar-refractivity contribution in [3.05, 3.63) is 129 Å². The Morgan fingerprint density at radius 1 is 0.983 bits per heavy atom. The number of likely N-dealkylation sites (tertiary alicyclic amines) is 1. The number of carbonyl (C=O) groups is 1. The summed E-state index contributed by atoms with van der Waals surface area (Å²) in [5, 5.41) is 1.86. The van der Waals surface area contributed by atoms with Crippen molar-refractivity contribution in [3.63, 3.8) is 0 Å². The monoisotopic (exact) mass is 850 g/mol. The van der Waals surface area contributed by atoms with Crippen LogP contribution in [-0.4, -0.2) is 64.8 Å². The molecular weight excluding hydrogens is 800 g/mol. The first-order valence-corrected chi connectivity index (χ1v) is 23.3. The van der Waals surface area contributed by atoms with E-state index in [1.807, 2.05) is 60.7 Å². The molecule has 1 saturated carbocycles. The molecule has 3 aromatic heterocycles. The SMILES string of the molecule is COc1ccc(F)cc1[C@H](Cn1c(=O)n([C@@H]2CCN(C)C2=O)c(=O)c2c(C)c(-c3ncco3)sc21)O[C@H]1CC[C@@H](CC(C)(C)[Si](O)(c2ccccc2)c2ccccc2)CC1. The average molecular weight is 851 g/mol. The molecule has 314 valence electrons. The quantitative estimate of drug-likeness (QED) is 0.123. The van der Waals surface area contributed by atoms with Gasteiger partial charge in [-0.25, -0.2) is 18.7 Å². The lowest BCUT2D eigenvalue weighted by molar-refractivity contribution is -0.129. The Labute approximate surface area is 353 Å². The molecule has 0 unspecified atom stereocenters. The fourth-order valence-corrected chi connectivity index (χ4v) is 14.7. The Morgan fingerprint density at radius 3 is 2.23 bits per heavy atom. The van der Waals surface area contributed by atoms with E-state index in [-0.39, 0.29) is 23.9 Å². The van der Waals surface area contributed by atoms with Gasteiger partial charge in [0.1, 0.15) is 34.8 Å². The highest BCUT2D eigenvalue weighted by molar-refractivity contribution is 7.22. The summed E-state index contributed by atoms with van der Waals surface area (Å²) >= 11 is 1.21. The van der Waals surface area contributed by atoms with Gasteiger partial charge in [0, 0.05) is 19.2 Å². The number of methoxy groups -OCH3 is 1. The number of oxazole rings is 1. The van der Waals surface area contributed by atoms with Gasteiger partial charge in [-0.2, -0.15) is 0 Å². The van der Waals surface area contributed by atoms with E-state index in [0.717, 1.165) is 34.2 Å². The lowest BCUT2D eigenvalue weighted by Gasteiger charge is -2.44. The van der Waals surface area contributed by atoms with Gasteiger partial charge in [-0.3, -0.25) is 14.2 Å². The summed E-state index contributed by atoms with van der Waals surface area (Å²) in [6.07, 6.45) is 6.11. The van der Waals surface area contributed by atoms with E-state index in [1.54, 1.807) is 20.0 Å². The van der Waals surface area contributed by atoms with Crippen molar-refractivity contribution in [3.8, 4) is 16.5 Å². The van der Waals surface area contributed by atoms with Crippen LogP contribution < -0.4 is 26.4 Å². The molecule has 60 heavy (non-hydrogen) atoms. The number of aromatic nitrogens is 3. The van der Waals surface area contributed by atoms with Gasteiger partial charge in [-0.1, -0.05) is 74.5 Å². The number of amides is 1. The van der Waals surface area contributed by atoms with E-state index in [0.29, 0.717) is 64.2 Å². The molecule has 1 aliphatic heterocycles. The predicted molar refractivity (Wildman–Crippen MR) is 233 cm³/mol. The molecule has 8 rings (SSSR count). The summed E-state index contributed by atoms with van der Waals surface area (Å²) < 4.78 is 36.1. The largest absolute Gasteiger partial charge is 0.496 e. The molecule has 1 amide bonds. The molecule has 3 aromatic carbocycles. The standard InChI is InChI=1S/C46H51FN4O7SSi/c1-29-39-43(53)51(36-22-24-49(4)42(36)52)45(54)50(44(39)59-40(29)41-48-23-25-57-41)28-38(35-26-31(47)18-21-37(35)56-5)58-32-19-16-30(17-20-32)27-46(2,3)60(55,33-12-8-6-9-13-33)34-14-10-7-11-15-34/h6-15,18,21,23,25-26,30,32,36,38,55H,16-17,19-20,22,24,27-28H2,1-5H3/t30-,32+,36-,38+/m1/s1. The lowest BCUT2D eigenvalue weighted by atomic mass is 9.82. The second-order valence-corrected chi connectivity index (χ2v) is 21.8. The topological polar surface area (TPSA) is 129 Å². The van der Waals surface area contributed by atoms with E-state index in [1.165, 1.54) is 52.5 Å². The molecule has 0 spiro atoms. The zero-order valence-corrected chi connectivity index (χ0v) is 36.4. The number of fused-ring (bicyclic) bond motifs is 1. The summed E-state index contributed by atoms with van der Waals surface area (Å²) in [5.74, 6) is 0.233. The van der Waals surface area contributed by atoms with Gasteiger partial charge in [-0.15, -0.1) is 11.3 Å². The van der Waals surface area contributed by atoms with Crippen molar-refractivity contribution in [2.24, 2.45) is 5.92 Å². The number of hydrogen-bond donors (Lipinski definition) is 1. The Balaban J connectivity index is 1.13. The zero-order chi connectivity index (χ0) is 42.3. The van der Waals surface area contributed by atoms with Crippen LogP contribution in [0.3, 0.4) is 0 Å². The van der Waals surface area contributed by atoms with Crippen LogP contribution >= 0.6 is 11.3 Å². The molecule has 0 bridgehead atoms. The lowest BCUT2D eigenvalue weighted by Crippen LogP contribution is -2.65. The number of nitrogens with zero attached hydrogens (tertiary/aromatic N) is 4. The predicted octanol–water partition coefficient (Wildman–Crippen LogP) is 6.98. The van der Waals surface area contributed by atoms with Gasteiger partial charge < -0.3 is 23.6 Å². The summed E-state index contributed by atoms with van der Waals surface area (Å²) in [4.78, 5) is 62.1. The number of thiophene rings is 1. The number of ether oxygens (including phenoxy) is 2. The van der Waals surface area contributed by atoms with E-state index in [4.69, 9.17) is 13.9 Å². The van der Waals surface area contributed by atoms with Crippen LogP contribution in [-0.2, 0) is 16.1 Å². The van der Waals surface area contributed by atoms with Gasteiger partial charge in [0.25, 0.3) is 13.9 Å². The first-order chi connectivity index (χ1) is 28.8. The summed E-state index contributed by atoms with van der Waals surface area (Å²) in [5.41, 5.74) is -0.189. The summed E-state index contributed by atoms with van der Waals surface area (Å²) in [7, 11) is -0.0382. The maximum absolute atomic E-state index is 15.2. The average Bonchev–Trinajstić information content (AvgIpc) is 3.99. The molecule has 14 heteroatoms. The van der Waals surface area contributed by atoms with Crippen LogP contribution in [0.1, 0.15) is 75.6 Å². The van der Waals surface area contributed by atoms with Gasteiger partial charge >= 0.3 is 5.69 Å². The molecule has 11 nitrogen and oxygen atoms in total. The van der Waals surface area contributed by atoms with Crippen molar-refractivity contribution in [2.45, 2.75) is 89.1 Å². The van der Waals surface area contributed by atoms with E-state index >= 15 is 4.39 Å². The van der Waals surface area contributed by atoms with Crippen LogP contribution in [0.25, 0.3) is 21.0 Å². The third-order valence-corrected chi connectivity index (χ3v) is 18.6. The maximum atomic E-state index is 15.2. The van der Waals surface area contributed by atoms with Crippen LogP contribution in [0.2, 0.25) is 5.04 Å². The third-order valence-electron chi connectivity index (χ3n) is 12.8. The Morgan fingerprint density at radius 2 is 1.65 bits per heavy atom. The Bertz CT molecular complexity index is 2560. The van der Waals surface area contributed by atoms with Crippen molar-refractivity contribution in [2.75, 3.05) is 20.7 Å². The van der Waals surface area contributed by atoms with Crippen LogP contribution in [0.4, 0.5) is 4.39 Å². The molecule has 1 N–H and O–H groups in total. The minimum absolute atomic E-state index is 0.0864. The second kappa shape index (κ2) is 16.7. The molecule has 2 fully saturated rings. The van der Waals surface area contributed by atoms with Crippen LogP contribution in [0.5, 0.6) is 5.75 Å². The first-order valence-electron chi connectivity index (χ1n) is 20.6. The minimum atomic E-state index is -3.20. The maximum Gasteiger partial charge on any atom is 0.332 e. The first kappa shape index (κ1) is 41.6. The Kier molecular flexibility index (Phi) is 11.6. The number of benzene rings is 3. The molecular formula is C46H51FN4O7SSi. The summed E-state index contributed by atoms with van der Waals surface area (Å²) in [6, 6.07) is 23.4. The van der Waals surface area contributed by atoms with E-state index < -0.39 is 42.6 Å². The van der Waals surface area contributed by atoms with Gasteiger partial charge in [0.15, 0.2) is 0 Å². The number of hydrogen-bond acceptors (Lipinski definition) is 9. The molecule has 2 atom stereocenters. The third kappa shape index (κ3) is 7.48. The van der Waals surface area contributed by atoms with Gasteiger partial charge in [-0.05, 0) is 90.5 Å². The van der Waals surface area contributed by atoms with Crippen molar-refractivity contribution >= 4 is 46.2 Å². The molecule has 6 aromatic rings. The fourth-order valence-electron chi connectivity index (χ4n) is 9.60. The van der Waals surface area contributed by atoms with Crippen LogP contribution in [0, 0.1) is 18.7 Å². The Hall–Kier alpha value is -5.15. The second-order valence-electron chi connectivity index (χ2n) is 16.9. The van der Waals surface area contributed by atoms with Crippen molar-refractivity contribution in [1.29, 1.82) is 0 Å². The van der Waals surface area contributed by atoms with Gasteiger partial charge in [0.05, 0.1) is 36.2 Å². The number of rotatable bonds is 13. The minimum Gasteiger partial charge on any atom is -0.496 e. The van der Waals surface area contributed by atoms with E-state index in [2.05, 4.69) is 18.8 Å². The number of aryl methyl sites for hydroxylation is 1. The normalized spacial score (nSPS) is 19.3. The molecule has 1 saturated heterocycles. The summed E-state index contributed by atoms with van der Waals surface area (Å²) in [6.45, 7) is 6.50. The van der Waals surface area contributed by atoms with Gasteiger partial charge in [0.2, 0.25) is 11.8 Å².